The standard InChI is InChI=1S/C5H7NO3P.C5H5.Fe/c6-10(7,8)9-5-3-1-2-4-5;1-2-4-5-3-1;/h1-4H,(H3,6,7,8);1-5H;/q2*-1;+3/p-1. The molecule has 1 atom stereocenters. The molecule has 16 heavy (non-hydrogen) atoms. The molecule has 0 aliphatic heterocycles. The Labute approximate surface area is 105 Å². The molecule has 0 heterocycles. The molecule has 1 unspecified atom stereocenters. The summed E-state index contributed by atoms with van der Waals surface area (Å²) in [5, 5.41) is 0. The predicted molar refractivity (Wildman–Crippen MR) is 56.5 cm³/mol. The van der Waals surface area contributed by atoms with E-state index in [2.05, 4.69) is 10.0 Å². The van der Waals surface area contributed by atoms with Crippen LogP contribution in [0.4, 0.5) is 0 Å². The van der Waals surface area contributed by atoms with E-state index in [-0.39, 0.29) is 22.8 Å². The normalized spacial score (nSPS) is 12.6. The maximum Gasteiger partial charge on any atom is 3.00 e. The van der Waals surface area contributed by atoms with E-state index >= 15 is 0 Å². The molecule has 0 saturated heterocycles. The molecule has 2 aromatic rings. The van der Waals surface area contributed by atoms with Gasteiger partial charge in [0, 0.05) is 5.75 Å². The van der Waals surface area contributed by atoms with E-state index in [1.807, 2.05) is 30.3 Å². The summed E-state index contributed by atoms with van der Waals surface area (Å²) in [5.41, 5.74) is 4.60. The van der Waals surface area contributed by atoms with Crippen molar-refractivity contribution in [2.24, 2.45) is 5.50 Å². The zero-order valence-corrected chi connectivity index (χ0v) is 10.3. The minimum absolute atomic E-state index is 0. The Kier molecular flexibility index (Phi) is 7.06. The van der Waals surface area contributed by atoms with Gasteiger partial charge in [0.25, 0.3) is 0 Å². The van der Waals surface area contributed by atoms with Crippen LogP contribution >= 0.6 is 7.75 Å². The third-order valence-electron chi connectivity index (χ3n) is 1.42. The number of rotatable bonds is 2. The van der Waals surface area contributed by atoms with Gasteiger partial charge < -0.3 is 9.42 Å². The number of hydrogen-bond acceptors (Lipinski definition) is 3. The molecule has 0 spiro atoms. The monoisotopic (exact) mass is 280 g/mol. The Hall–Kier alpha value is -0.831. The molecule has 87 valence electrons. The molecule has 4 nitrogen and oxygen atoms in total. The first-order chi connectivity index (χ1) is 7.08. The molecule has 0 saturated carbocycles. The average molecular weight is 280 g/mol. The summed E-state index contributed by atoms with van der Waals surface area (Å²) in [6, 6.07) is 16.3. The first kappa shape index (κ1) is 15.2. The Morgan fingerprint density at radius 2 is 1.69 bits per heavy atom. The Balaban J connectivity index is 0.000000318. The maximum atomic E-state index is 10.3. The van der Waals surface area contributed by atoms with Crippen LogP contribution < -0.4 is 14.9 Å². The first-order valence-corrected chi connectivity index (χ1v) is 5.87. The van der Waals surface area contributed by atoms with Crippen molar-refractivity contribution in [2.45, 2.75) is 0 Å². The van der Waals surface area contributed by atoms with Gasteiger partial charge in [0.15, 0.2) is 0 Å². The smallest absolute Gasteiger partial charge is 0.757 e. The molecule has 1 radical (unpaired) electrons. The van der Waals surface area contributed by atoms with Crippen molar-refractivity contribution < 1.29 is 31.1 Å². The molecule has 0 aliphatic rings. The topological polar surface area (TPSA) is 75.4 Å². The van der Waals surface area contributed by atoms with Crippen molar-refractivity contribution in [1.29, 1.82) is 0 Å². The van der Waals surface area contributed by atoms with Crippen molar-refractivity contribution >= 4 is 7.75 Å². The van der Waals surface area contributed by atoms with Gasteiger partial charge in [-0.15, -0.1) is 12.1 Å². The molecule has 0 bridgehead atoms. The average Bonchev–Trinajstić information content (AvgIpc) is 2.71. The molecule has 0 fully saturated rings. The first-order valence-electron chi connectivity index (χ1n) is 4.25. The molecule has 0 aliphatic carbocycles. The van der Waals surface area contributed by atoms with Crippen LogP contribution in [0.3, 0.4) is 0 Å². The van der Waals surface area contributed by atoms with Gasteiger partial charge in [-0.2, -0.15) is 18.2 Å². The van der Waals surface area contributed by atoms with Crippen molar-refractivity contribution in [3.05, 3.63) is 54.6 Å². The van der Waals surface area contributed by atoms with Gasteiger partial charge in [0.2, 0.25) is 7.75 Å². The molecule has 6 heteroatoms. The number of hydrogen-bond donors (Lipinski definition) is 1. The van der Waals surface area contributed by atoms with Crippen LogP contribution in [0.5, 0.6) is 5.75 Å². The van der Waals surface area contributed by atoms with Crippen LogP contribution in [-0.2, 0) is 21.6 Å². The SMILES string of the molecule is NP(=O)([O-])O[c-]1cccc1.[Fe+3].c1cc[cH-]c1. The van der Waals surface area contributed by atoms with Crippen LogP contribution in [0.25, 0.3) is 0 Å². The van der Waals surface area contributed by atoms with Crippen LogP contribution in [0.2, 0.25) is 0 Å². The van der Waals surface area contributed by atoms with E-state index in [0.717, 1.165) is 0 Å². The van der Waals surface area contributed by atoms with Gasteiger partial charge >= 0.3 is 17.1 Å². The molecule has 2 aromatic carbocycles. The molecular weight excluding hydrogens is 269 g/mol. The van der Waals surface area contributed by atoms with Gasteiger partial charge in [-0.3, -0.25) is 10.1 Å². The van der Waals surface area contributed by atoms with Crippen LogP contribution in [0, 0.1) is 0 Å². The second-order valence-electron chi connectivity index (χ2n) is 2.71. The summed E-state index contributed by atoms with van der Waals surface area (Å²) < 4.78 is 14.6. The summed E-state index contributed by atoms with van der Waals surface area (Å²) in [6.07, 6.45) is 0. The minimum atomic E-state index is -4.10. The van der Waals surface area contributed by atoms with Crippen molar-refractivity contribution in [1.82, 2.24) is 0 Å². The Morgan fingerprint density at radius 3 is 2.00 bits per heavy atom. The largest absolute Gasteiger partial charge is 3.00 e. The van der Waals surface area contributed by atoms with Gasteiger partial charge in [0.1, 0.15) is 0 Å². The van der Waals surface area contributed by atoms with E-state index in [1.54, 1.807) is 12.1 Å². The summed E-state index contributed by atoms with van der Waals surface area (Å²) in [7, 11) is -4.10. The third kappa shape index (κ3) is 7.46. The van der Waals surface area contributed by atoms with E-state index in [4.69, 9.17) is 0 Å². The summed E-state index contributed by atoms with van der Waals surface area (Å²) in [6.45, 7) is 0. The van der Waals surface area contributed by atoms with E-state index in [1.165, 1.54) is 12.1 Å². The molecule has 2 N–H and O–H groups in total. The second kappa shape index (κ2) is 7.44. The van der Waals surface area contributed by atoms with Crippen molar-refractivity contribution in [3.8, 4) is 5.75 Å². The fourth-order valence-corrected chi connectivity index (χ4v) is 1.30. The third-order valence-corrected chi connectivity index (χ3v) is 1.89. The predicted octanol–water partition coefficient (Wildman–Crippen LogP) is 1.61. The Bertz CT molecular complexity index is 376. The number of nitrogens with two attached hydrogens (primary N) is 1. The zero-order chi connectivity index (χ0) is 11.1. The van der Waals surface area contributed by atoms with E-state index in [0.29, 0.717) is 0 Å². The summed E-state index contributed by atoms with van der Waals surface area (Å²) >= 11 is 0. The molecule has 0 aromatic heterocycles. The fraction of sp³-hybridized carbons (Fsp3) is 0. The van der Waals surface area contributed by atoms with E-state index in [9.17, 15) is 9.46 Å². The van der Waals surface area contributed by atoms with Crippen molar-refractivity contribution in [2.75, 3.05) is 0 Å². The van der Waals surface area contributed by atoms with Crippen LogP contribution in [-0.4, -0.2) is 0 Å². The van der Waals surface area contributed by atoms with Gasteiger partial charge in [-0.1, -0.05) is 0 Å². The maximum absolute atomic E-state index is 10.3. The molecule has 0 amide bonds. The molecule has 2 rings (SSSR count). The van der Waals surface area contributed by atoms with Crippen LogP contribution in [0.15, 0.2) is 54.6 Å². The summed E-state index contributed by atoms with van der Waals surface area (Å²) in [4.78, 5) is 10.3. The van der Waals surface area contributed by atoms with Gasteiger partial charge in [-0.25, -0.2) is 24.3 Å². The second-order valence-corrected chi connectivity index (χ2v) is 3.98. The van der Waals surface area contributed by atoms with Gasteiger partial charge in [0.05, 0.1) is 0 Å². The van der Waals surface area contributed by atoms with Crippen LogP contribution in [0.1, 0.15) is 0 Å². The Morgan fingerprint density at radius 1 is 1.19 bits per heavy atom. The van der Waals surface area contributed by atoms with E-state index < -0.39 is 7.75 Å². The summed E-state index contributed by atoms with van der Waals surface area (Å²) in [5.74, 6) is 0.251. The minimum Gasteiger partial charge on any atom is -0.757 e. The fourth-order valence-electron chi connectivity index (χ4n) is 0.885. The quantitative estimate of drug-likeness (QED) is 0.515. The molecular formula is C10H11FeNO3P. The van der Waals surface area contributed by atoms with Crippen molar-refractivity contribution in [3.63, 3.8) is 0 Å². The van der Waals surface area contributed by atoms with Gasteiger partial charge in [-0.05, 0) is 0 Å². The zero-order valence-electron chi connectivity index (χ0n) is 8.30.